The summed E-state index contributed by atoms with van der Waals surface area (Å²) in [5.74, 6) is 0.440. The molecular formula is C20H23N5O3. The number of aryl methyl sites for hydroxylation is 1. The van der Waals surface area contributed by atoms with Crippen LogP contribution in [-0.2, 0) is 12.6 Å². The van der Waals surface area contributed by atoms with Gasteiger partial charge in [-0.2, -0.15) is 10.2 Å². The second-order valence-electron chi connectivity index (χ2n) is 7.13. The number of aromatic nitrogens is 4. The number of rotatable bonds is 4. The molecule has 1 atom stereocenters. The number of hydrogen-bond donors (Lipinski definition) is 2. The normalized spacial score (nSPS) is 19.6. The third-order valence-corrected chi connectivity index (χ3v) is 5.18. The Morgan fingerprint density at radius 3 is 2.93 bits per heavy atom. The molecule has 1 fully saturated rings. The highest BCUT2D eigenvalue weighted by molar-refractivity contribution is 5.93. The van der Waals surface area contributed by atoms with Crippen LogP contribution in [0.2, 0.25) is 0 Å². The fraction of sp³-hybridized carbons (Fsp3) is 0.350. The monoisotopic (exact) mass is 381 g/mol. The average molecular weight is 381 g/mol. The average Bonchev–Trinajstić information content (AvgIpc) is 3.36. The first kappa shape index (κ1) is 18.2. The van der Waals surface area contributed by atoms with Gasteiger partial charge in [0.2, 0.25) is 0 Å². The lowest BCUT2D eigenvalue weighted by atomic mass is 9.85. The van der Waals surface area contributed by atoms with E-state index in [2.05, 4.69) is 15.3 Å². The minimum absolute atomic E-state index is 0.185. The minimum atomic E-state index is -1.15. The number of likely N-dealkylation sites (tertiary alicyclic amines) is 1. The van der Waals surface area contributed by atoms with Crippen molar-refractivity contribution in [2.24, 2.45) is 7.05 Å². The topological polar surface area (TPSA) is 96.3 Å². The number of carbonyl (C=O) groups excluding carboxylic acids is 1. The van der Waals surface area contributed by atoms with E-state index in [9.17, 15) is 9.90 Å². The molecule has 1 saturated heterocycles. The van der Waals surface area contributed by atoms with Crippen molar-refractivity contribution in [1.82, 2.24) is 24.9 Å². The van der Waals surface area contributed by atoms with E-state index in [4.69, 9.17) is 4.74 Å². The zero-order valence-electron chi connectivity index (χ0n) is 15.9. The largest absolute Gasteiger partial charge is 0.496 e. The molecule has 8 nitrogen and oxygen atoms in total. The molecule has 146 valence electrons. The third-order valence-electron chi connectivity index (χ3n) is 5.18. The Bertz CT molecular complexity index is 995. The summed E-state index contributed by atoms with van der Waals surface area (Å²) in [7, 11) is 3.41. The Balaban J connectivity index is 1.56. The second kappa shape index (κ2) is 7.12. The van der Waals surface area contributed by atoms with Crippen LogP contribution in [0, 0.1) is 0 Å². The SMILES string of the molecule is COc1ccccc1C1(O)CCCN(C(=O)c2cc(-c3cnn(C)c3)n[nH]2)C1. The Labute approximate surface area is 162 Å². The molecule has 4 rings (SSSR count). The van der Waals surface area contributed by atoms with Crippen molar-refractivity contribution < 1.29 is 14.6 Å². The first-order valence-electron chi connectivity index (χ1n) is 9.20. The molecule has 28 heavy (non-hydrogen) atoms. The molecule has 2 N–H and O–H groups in total. The van der Waals surface area contributed by atoms with E-state index in [1.54, 1.807) is 29.0 Å². The summed E-state index contributed by atoms with van der Waals surface area (Å²) in [4.78, 5) is 14.7. The van der Waals surface area contributed by atoms with Crippen molar-refractivity contribution in [3.8, 4) is 17.0 Å². The lowest BCUT2D eigenvalue weighted by Gasteiger charge is -2.39. The van der Waals surface area contributed by atoms with Crippen LogP contribution in [0.3, 0.4) is 0 Å². The molecular weight excluding hydrogens is 358 g/mol. The van der Waals surface area contributed by atoms with Gasteiger partial charge in [-0.15, -0.1) is 0 Å². The Morgan fingerprint density at radius 2 is 2.18 bits per heavy atom. The fourth-order valence-electron chi connectivity index (χ4n) is 3.76. The molecule has 0 radical (unpaired) electrons. The van der Waals surface area contributed by atoms with Crippen LogP contribution in [0.4, 0.5) is 0 Å². The number of carbonyl (C=O) groups is 1. The van der Waals surface area contributed by atoms with Crippen LogP contribution in [0.5, 0.6) is 5.75 Å². The highest BCUT2D eigenvalue weighted by Gasteiger charge is 2.39. The molecule has 1 aliphatic heterocycles. The van der Waals surface area contributed by atoms with E-state index in [0.717, 1.165) is 5.56 Å². The third kappa shape index (κ3) is 3.27. The summed E-state index contributed by atoms with van der Waals surface area (Å²) in [5, 5.41) is 22.5. The van der Waals surface area contributed by atoms with Gasteiger partial charge in [-0.25, -0.2) is 0 Å². The maximum absolute atomic E-state index is 13.0. The maximum Gasteiger partial charge on any atom is 0.271 e. The van der Waals surface area contributed by atoms with E-state index in [1.165, 1.54) is 0 Å². The fourth-order valence-corrected chi connectivity index (χ4v) is 3.76. The van der Waals surface area contributed by atoms with Gasteiger partial charge in [0.1, 0.15) is 17.0 Å². The number of aromatic amines is 1. The summed E-state index contributed by atoms with van der Waals surface area (Å²) in [6.45, 7) is 0.783. The lowest BCUT2D eigenvalue weighted by Crippen LogP contribution is -2.48. The van der Waals surface area contributed by atoms with E-state index < -0.39 is 5.60 Å². The van der Waals surface area contributed by atoms with Crippen LogP contribution >= 0.6 is 0 Å². The van der Waals surface area contributed by atoms with E-state index in [1.807, 2.05) is 37.5 Å². The maximum atomic E-state index is 13.0. The number of methoxy groups -OCH3 is 1. The van der Waals surface area contributed by atoms with Gasteiger partial charge in [0.15, 0.2) is 0 Å². The van der Waals surface area contributed by atoms with Gasteiger partial charge >= 0.3 is 0 Å². The van der Waals surface area contributed by atoms with Crippen molar-refractivity contribution in [1.29, 1.82) is 0 Å². The molecule has 3 heterocycles. The number of hydrogen-bond acceptors (Lipinski definition) is 5. The molecule has 1 aliphatic rings. The summed E-state index contributed by atoms with van der Waals surface area (Å²) < 4.78 is 7.09. The van der Waals surface area contributed by atoms with Crippen LogP contribution in [0.25, 0.3) is 11.3 Å². The van der Waals surface area contributed by atoms with Crippen molar-refractivity contribution in [2.75, 3.05) is 20.2 Å². The summed E-state index contributed by atoms with van der Waals surface area (Å²) in [6, 6.07) is 9.12. The van der Waals surface area contributed by atoms with Crippen LogP contribution in [0.15, 0.2) is 42.7 Å². The molecule has 0 bridgehead atoms. The molecule has 1 unspecified atom stereocenters. The van der Waals surface area contributed by atoms with Crippen molar-refractivity contribution >= 4 is 5.91 Å². The molecule has 2 aromatic heterocycles. The predicted octanol–water partition coefficient (Wildman–Crippen LogP) is 1.94. The number of nitrogens with one attached hydrogen (secondary N) is 1. The van der Waals surface area contributed by atoms with Gasteiger partial charge in [-0.1, -0.05) is 18.2 Å². The Hall–Kier alpha value is -3.13. The molecule has 3 aromatic rings. The number of aliphatic hydroxyl groups is 1. The number of β-amino-alcohol motifs (C(OH)–C–C–N with tert-alkyl or cyclic N) is 1. The van der Waals surface area contributed by atoms with Gasteiger partial charge in [0.05, 0.1) is 25.5 Å². The first-order chi connectivity index (χ1) is 13.5. The smallest absolute Gasteiger partial charge is 0.271 e. The molecule has 0 saturated carbocycles. The standard InChI is InChI=1S/C20H23N5O3/c1-24-12-14(11-21-24)16-10-17(23-22-16)19(26)25-9-5-8-20(27,13-25)15-6-3-4-7-18(15)28-2/h3-4,6-7,10-12,27H,5,8-9,13H2,1-2H3,(H,22,23). The van der Waals surface area contributed by atoms with Crippen LogP contribution in [0.1, 0.15) is 28.9 Å². The number of nitrogens with zero attached hydrogens (tertiary/aromatic N) is 4. The van der Waals surface area contributed by atoms with Crippen molar-refractivity contribution in [2.45, 2.75) is 18.4 Å². The van der Waals surface area contributed by atoms with Gasteiger partial charge in [-0.05, 0) is 25.0 Å². The van der Waals surface area contributed by atoms with Crippen molar-refractivity contribution in [3.05, 3.63) is 54.0 Å². The molecule has 0 aliphatic carbocycles. The highest BCUT2D eigenvalue weighted by Crippen LogP contribution is 2.37. The second-order valence-corrected chi connectivity index (χ2v) is 7.13. The molecule has 1 aromatic carbocycles. The summed E-state index contributed by atoms with van der Waals surface area (Å²) in [5.41, 5.74) is 1.45. The molecule has 1 amide bonds. The molecule has 8 heteroatoms. The molecule has 0 spiro atoms. The van der Waals surface area contributed by atoms with Gasteiger partial charge in [-0.3, -0.25) is 14.6 Å². The van der Waals surface area contributed by atoms with Gasteiger partial charge in [0, 0.05) is 30.9 Å². The van der Waals surface area contributed by atoms with Gasteiger partial charge in [0.25, 0.3) is 5.91 Å². The highest BCUT2D eigenvalue weighted by atomic mass is 16.5. The van der Waals surface area contributed by atoms with E-state index in [0.29, 0.717) is 42.1 Å². The first-order valence-corrected chi connectivity index (χ1v) is 9.20. The predicted molar refractivity (Wildman–Crippen MR) is 103 cm³/mol. The zero-order valence-corrected chi connectivity index (χ0v) is 15.9. The lowest BCUT2D eigenvalue weighted by molar-refractivity contribution is -0.0304. The van der Waals surface area contributed by atoms with Gasteiger partial charge < -0.3 is 14.7 Å². The number of amides is 1. The number of H-pyrrole nitrogens is 1. The van der Waals surface area contributed by atoms with E-state index in [-0.39, 0.29) is 12.5 Å². The minimum Gasteiger partial charge on any atom is -0.496 e. The van der Waals surface area contributed by atoms with Crippen LogP contribution < -0.4 is 4.74 Å². The Kier molecular flexibility index (Phi) is 4.64. The summed E-state index contributed by atoms with van der Waals surface area (Å²) in [6.07, 6.45) is 4.81. The summed E-state index contributed by atoms with van der Waals surface area (Å²) >= 11 is 0. The number of piperidine rings is 1. The quantitative estimate of drug-likeness (QED) is 0.720. The Morgan fingerprint density at radius 1 is 1.36 bits per heavy atom. The van der Waals surface area contributed by atoms with Crippen molar-refractivity contribution in [3.63, 3.8) is 0 Å². The zero-order chi connectivity index (χ0) is 19.7. The number of ether oxygens (including phenoxy) is 1. The number of para-hydroxylation sites is 1. The number of benzene rings is 1. The van der Waals surface area contributed by atoms with E-state index >= 15 is 0 Å². The van der Waals surface area contributed by atoms with Crippen LogP contribution in [-0.4, -0.2) is 56.1 Å².